The number of benzene rings is 3. The van der Waals surface area contributed by atoms with Crippen molar-refractivity contribution in [2.24, 2.45) is 0 Å². The molecule has 0 saturated carbocycles. The number of anilines is 1. The zero-order valence-electron chi connectivity index (χ0n) is 16.3. The van der Waals surface area contributed by atoms with Gasteiger partial charge in [-0.15, -0.1) is 0 Å². The van der Waals surface area contributed by atoms with E-state index in [1.165, 1.54) is 34.9 Å². The van der Waals surface area contributed by atoms with Crippen molar-refractivity contribution in [1.29, 1.82) is 0 Å². The van der Waals surface area contributed by atoms with E-state index in [9.17, 15) is 13.6 Å². The lowest BCUT2D eigenvalue weighted by Gasteiger charge is -2.17. The third kappa shape index (κ3) is 4.21. The Labute approximate surface area is 177 Å². The first-order chi connectivity index (χ1) is 14.5. The highest BCUT2D eigenvalue weighted by Gasteiger charge is 2.17. The van der Waals surface area contributed by atoms with E-state index in [-0.39, 0.29) is 23.3 Å². The van der Waals surface area contributed by atoms with E-state index in [4.69, 9.17) is 0 Å². The summed E-state index contributed by atoms with van der Waals surface area (Å²) < 4.78 is 29.3. The van der Waals surface area contributed by atoms with Crippen LogP contribution in [0.15, 0.2) is 78.0 Å². The van der Waals surface area contributed by atoms with Gasteiger partial charge in [-0.1, -0.05) is 42.1 Å². The van der Waals surface area contributed by atoms with Gasteiger partial charge < -0.3 is 9.47 Å². The number of carbonyl (C=O) groups excluding carboxylic acids is 1. The van der Waals surface area contributed by atoms with E-state index in [1.54, 1.807) is 37.4 Å². The van der Waals surface area contributed by atoms with Crippen LogP contribution in [-0.2, 0) is 11.3 Å². The van der Waals surface area contributed by atoms with Gasteiger partial charge >= 0.3 is 0 Å². The largest absolute Gasteiger partial charge is 0.315 e. The molecule has 1 heterocycles. The van der Waals surface area contributed by atoms with Gasteiger partial charge in [-0.05, 0) is 42.5 Å². The van der Waals surface area contributed by atoms with Crippen molar-refractivity contribution in [3.05, 3.63) is 90.0 Å². The number of hydrogen-bond donors (Lipinski definition) is 0. The van der Waals surface area contributed by atoms with Crippen molar-refractivity contribution >= 4 is 34.4 Å². The van der Waals surface area contributed by atoms with Crippen LogP contribution in [-0.4, -0.2) is 28.3 Å². The third-order valence-corrected chi connectivity index (χ3v) is 5.78. The van der Waals surface area contributed by atoms with E-state index in [2.05, 4.69) is 4.98 Å². The molecule has 4 aromatic rings. The number of rotatable bonds is 6. The molecule has 0 aliphatic carbocycles. The predicted octanol–water partition coefficient (Wildman–Crippen LogP) is 5.12. The lowest BCUT2D eigenvalue weighted by atomic mass is 10.2. The highest BCUT2D eigenvalue weighted by Crippen LogP contribution is 2.26. The number of nitrogens with zero attached hydrogens (tertiary/aromatic N) is 3. The van der Waals surface area contributed by atoms with E-state index in [0.29, 0.717) is 23.0 Å². The standard InChI is InChI=1S/C23H19F2N3OS/c1-27(18-12-10-17(24)11-13-18)22(29)15-30-23-26-20-8-4-5-9-21(20)28(23)14-16-6-2-3-7-19(16)25/h2-13H,14-15H2,1H3. The smallest absolute Gasteiger partial charge is 0.237 e. The average molecular weight is 423 g/mol. The number of para-hydroxylation sites is 2. The monoisotopic (exact) mass is 423 g/mol. The number of imidazole rings is 1. The summed E-state index contributed by atoms with van der Waals surface area (Å²) in [5.41, 5.74) is 2.83. The van der Waals surface area contributed by atoms with Crippen LogP contribution in [0.1, 0.15) is 5.56 Å². The Morgan fingerprint density at radius 1 is 1.00 bits per heavy atom. The molecule has 7 heteroatoms. The fourth-order valence-corrected chi connectivity index (χ4v) is 4.07. The average Bonchev–Trinajstić information content (AvgIpc) is 3.11. The minimum atomic E-state index is -0.351. The molecule has 4 rings (SSSR count). The van der Waals surface area contributed by atoms with E-state index < -0.39 is 0 Å². The van der Waals surface area contributed by atoms with Gasteiger partial charge in [-0.25, -0.2) is 13.8 Å². The fraction of sp³-hybridized carbons (Fsp3) is 0.130. The molecule has 1 aromatic heterocycles. The Morgan fingerprint density at radius 3 is 2.47 bits per heavy atom. The Morgan fingerprint density at radius 2 is 1.70 bits per heavy atom. The summed E-state index contributed by atoms with van der Waals surface area (Å²) in [4.78, 5) is 18.8. The topological polar surface area (TPSA) is 38.1 Å². The zero-order chi connectivity index (χ0) is 21.1. The number of carbonyl (C=O) groups is 1. The maximum absolute atomic E-state index is 14.2. The summed E-state index contributed by atoms with van der Waals surface area (Å²) in [5, 5.41) is 0.639. The molecule has 0 saturated heterocycles. The summed E-state index contributed by atoms with van der Waals surface area (Å²) in [5.74, 6) is -0.626. The summed E-state index contributed by atoms with van der Waals surface area (Å²) in [6.45, 7) is 0.317. The highest BCUT2D eigenvalue weighted by atomic mass is 32.2. The first-order valence-corrected chi connectivity index (χ1v) is 10.3. The Balaban J connectivity index is 1.57. The third-order valence-electron chi connectivity index (χ3n) is 4.82. The van der Waals surface area contributed by atoms with Crippen molar-refractivity contribution in [1.82, 2.24) is 9.55 Å². The number of hydrogen-bond acceptors (Lipinski definition) is 3. The normalized spacial score (nSPS) is 11.0. The van der Waals surface area contributed by atoms with Gasteiger partial charge in [0.2, 0.25) is 5.91 Å². The molecule has 152 valence electrons. The molecule has 4 nitrogen and oxygen atoms in total. The van der Waals surface area contributed by atoms with Crippen LogP contribution in [0.3, 0.4) is 0 Å². The Hall–Kier alpha value is -3.19. The summed E-state index contributed by atoms with van der Waals surface area (Å²) in [6, 6.07) is 20.0. The van der Waals surface area contributed by atoms with Crippen molar-refractivity contribution in [3.8, 4) is 0 Å². The van der Waals surface area contributed by atoms with Gasteiger partial charge in [0.25, 0.3) is 0 Å². The molecule has 0 spiro atoms. The fourth-order valence-electron chi connectivity index (χ4n) is 3.15. The number of halogens is 2. The van der Waals surface area contributed by atoms with Gasteiger partial charge in [0.05, 0.1) is 23.3 Å². The van der Waals surface area contributed by atoms with Crippen molar-refractivity contribution in [3.63, 3.8) is 0 Å². The second kappa shape index (κ2) is 8.67. The maximum Gasteiger partial charge on any atom is 0.237 e. The first kappa shape index (κ1) is 20.1. The zero-order valence-corrected chi connectivity index (χ0v) is 17.1. The number of amides is 1. The summed E-state index contributed by atoms with van der Waals surface area (Å²) >= 11 is 1.30. The van der Waals surface area contributed by atoms with Crippen LogP contribution in [0.2, 0.25) is 0 Å². The maximum atomic E-state index is 14.2. The van der Waals surface area contributed by atoms with Crippen LogP contribution >= 0.6 is 11.8 Å². The molecule has 0 aliphatic rings. The molecular weight excluding hydrogens is 404 g/mol. The van der Waals surface area contributed by atoms with Crippen molar-refractivity contribution in [2.45, 2.75) is 11.7 Å². The molecule has 3 aromatic carbocycles. The van der Waals surface area contributed by atoms with Crippen molar-refractivity contribution < 1.29 is 13.6 Å². The lowest BCUT2D eigenvalue weighted by Crippen LogP contribution is -2.28. The molecule has 1 amide bonds. The van der Waals surface area contributed by atoms with Gasteiger partial charge in [-0.3, -0.25) is 4.79 Å². The van der Waals surface area contributed by atoms with Gasteiger partial charge in [0.15, 0.2) is 5.16 Å². The minimum Gasteiger partial charge on any atom is -0.315 e. The first-order valence-electron chi connectivity index (χ1n) is 9.36. The molecular formula is C23H19F2N3OS. The Bertz CT molecular complexity index is 1190. The van der Waals surface area contributed by atoms with Crippen LogP contribution in [0.5, 0.6) is 0 Å². The summed E-state index contributed by atoms with van der Waals surface area (Å²) in [6.07, 6.45) is 0. The molecule has 0 radical (unpaired) electrons. The van der Waals surface area contributed by atoms with Gasteiger partial charge in [0, 0.05) is 18.3 Å². The van der Waals surface area contributed by atoms with E-state index >= 15 is 0 Å². The molecule has 0 unspecified atom stereocenters. The molecule has 0 bridgehead atoms. The number of aromatic nitrogens is 2. The molecule has 0 N–H and O–H groups in total. The van der Waals surface area contributed by atoms with Crippen LogP contribution in [0.25, 0.3) is 11.0 Å². The van der Waals surface area contributed by atoms with E-state index in [0.717, 1.165) is 11.0 Å². The second-order valence-corrected chi connectivity index (χ2v) is 7.72. The van der Waals surface area contributed by atoms with Crippen LogP contribution < -0.4 is 4.90 Å². The second-order valence-electron chi connectivity index (χ2n) is 6.78. The predicted molar refractivity (Wildman–Crippen MR) is 116 cm³/mol. The number of fused-ring (bicyclic) bond motifs is 1. The molecule has 30 heavy (non-hydrogen) atoms. The SMILES string of the molecule is CN(C(=O)CSc1nc2ccccc2n1Cc1ccccc1F)c1ccc(F)cc1. The lowest BCUT2D eigenvalue weighted by molar-refractivity contribution is -0.115. The van der Waals surface area contributed by atoms with Crippen molar-refractivity contribution in [2.75, 3.05) is 17.7 Å². The Kier molecular flexibility index (Phi) is 5.81. The minimum absolute atomic E-state index is 0.142. The highest BCUT2D eigenvalue weighted by molar-refractivity contribution is 7.99. The van der Waals surface area contributed by atoms with Crippen LogP contribution in [0, 0.1) is 11.6 Å². The molecule has 0 aliphatic heterocycles. The van der Waals surface area contributed by atoms with Gasteiger partial charge in [-0.2, -0.15) is 0 Å². The van der Waals surface area contributed by atoms with Crippen LogP contribution in [0.4, 0.5) is 14.5 Å². The van der Waals surface area contributed by atoms with Gasteiger partial charge in [0.1, 0.15) is 11.6 Å². The quantitative estimate of drug-likeness (QED) is 0.404. The number of thioether (sulfide) groups is 1. The summed E-state index contributed by atoms with van der Waals surface area (Å²) in [7, 11) is 1.65. The van der Waals surface area contributed by atoms with E-state index in [1.807, 2.05) is 28.8 Å². The molecule has 0 fully saturated rings. The molecule has 0 atom stereocenters.